The third-order valence-corrected chi connectivity index (χ3v) is 3.25. The molecule has 1 aliphatic rings. The Morgan fingerprint density at radius 2 is 1.75 bits per heavy atom. The zero-order valence-electron chi connectivity index (χ0n) is 12.9. The Balaban J connectivity index is 2.15. The van der Waals surface area contributed by atoms with Crippen molar-refractivity contribution < 1.29 is 14.2 Å². The van der Waals surface area contributed by atoms with Crippen LogP contribution in [0.4, 0.5) is 0 Å². The van der Waals surface area contributed by atoms with Gasteiger partial charge in [0.25, 0.3) is 0 Å². The van der Waals surface area contributed by atoms with Crippen LogP contribution < -0.4 is 19.5 Å². The van der Waals surface area contributed by atoms with Crippen molar-refractivity contribution in [3.63, 3.8) is 0 Å². The van der Waals surface area contributed by atoms with Gasteiger partial charge in [0.05, 0.1) is 20.8 Å². The van der Waals surface area contributed by atoms with E-state index < -0.39 is 0 Å². The van der Waals surface area contributed by atoms with Gasteiger partial charge < -0.3 is 19.5 Å². The Bertz CT molecular complexity index is 416. The highest BCUT2D eigenvalue weighted by atomic mass is 16.5. The van der Waals surface area contributed by atoms with E-state index in [9.17, 15) is 0 Å². The molecule has 1 saturated carbocycles. The zero-order chi connectivity index (χ0) is 14.5. The van der Waals surface area contributed by atoms with E-state index in [0.717, 1.165) is 23.6 Å². The quantitative estimate of drug-likeness (QED) is 0.794. The Kier molecular flexibility index (Phi) is 5.12. The lowest BCUT2D eigenvalue weighted by Crippen LogP contribution is -2.15. The second-order valence-corrected chi connectivity index (χ2v) is 5.69. The topological polar surface area (TPSA) is 39.7 Å². The lowest BCUT2D eigenvalue weighted by molar-refractivity contribution is 0.243. The summed E-state index contributed by atoms with van der Waals surface area (Å²) in [6, 6.07) is 4.73. The average molecular weight is 279 g/mol. The van der Waals surface area contributed by atoms with Gasteiger partial charge in [0, 0.05) is 12.6 Å². The first kappa shape index (κ1) is 15.0. The second kappa shape index (κ2) is 6.84. The molecule has 2 rings (SSSR count). The van der Waals surface area contributed by atoms with Crippen LogP contribution in [0.5, 0.6) is 17.2 Å². The number of rotatable bonds is 8. The van der Waals surface area contributed by atoms with Gasteiger partial charge in [0.15, 0.2) is 11.5 Å². The smallest absolute Gasteiger partial charge is 0.203 e. The molecular weight excluding hydrogens is 254 g/mol. The molecule has 0 heterocycles. The number of methoxy groups -OCH3 is 2. The number of benzene rings is 1. The molecule has 4 nitrogen and oxygen atoms in total. The Hall–Kier alpha value is -1.42. The normalized spacial score (nSPS) is 14.4. The van der Waals surface area contributed by atoms with Crippen molar-refractivity contribution in [3.8, 4) is 17.2 Å². The second-order valence-electron chi connectivity index (χ2n) is 5.69. The summed E-state index contributed by atoms with van der Waals surface area (Å²) in [5, 5.41) is 3.49. The number of hydrogen-bond donors (Lipinski definition) is 1. The SMILES string of the molecule is COc1cc(CNC2CC2)cc(OC)c1OCC(C)C. The van der Waals surface area contributed by atoms with Gasteiger partial charge >= 0.3 is 0 Å². The molecule has 0 aromatic heterocycles. The molecule has 0 unspecified atom stereocenters. The van der Waals surface area contributed by atoms with Gasteiger partial charge in [-0.3, -0.25) is 0 Å². The van der Waals surface area contributed by atoms with Gasteiger partial charge in [-0.1, -0.05) is 13.8 Å². The predicted octanol–water partition coefficient (Wildman–Crippen LogP) is 2.99. The fourth-order valence-corrected chi connectivity index (χ4v) is 1.98. The van der Waals surface area contributed by atoms with Crippen LogP contribution in [0.1, 0.15) is 32.3 Å². The maximum atomic E-state index is 5.83. The number of nitrogens with one attached hydrogen (secondary N) is 1. The molecule has 1 aliphatic carbocycles. The van der Waals surface area contributed by atoms with E-state index in [-0.39, 0.29) is 0 Å². The summed E-state index contributed by atoms with van der Waals surface area (Å²) < 4.78 is 16.7. The van der Waals surface area contributed by atoms with Crippen LogP contribution in [-0.2, 0) is 6.54 Å². The molecule has 0 aliphatic heterocycles. The van der Waals surface area contributed by atoms with Gasteiger partial charge in [-0.25, -0.2) is 0 Å². The zero-order valence-corrected chi connectivity index (χ0v) is 12.9. The predicted molar refractivity (Wildman–Crippen MR) is 79.7 cm³/mol. The fourth-order valence-electron chi connectivity index (χ4n) is 1.98. The van der Waals surface area contributed by atoms with E-state index in [1.54, 1.807) is 14.2 Å². The molecule has 0 saturated heterocycles. The molecule has 1 aromatic rings. The molecule has 0 atom stereocenters. The molecular formula is C16H25NO3. The average Bonchev–Trinajstić information content (AvgIpc) is 3.26. The van der Waals surface area contributed by atoms with Crippen LogP contribution in [0.2, 0.25) is 0 Å². The van der Waals surface area contributed by atoms with E-state index in [1.807, 2.05) is 12.1 Å². The summed E-state index contributed by atoms with van der Waals surface area (Å²) >= 11 is 0. The summed E-state index contributed by atoms with van der Waals surface area (Å²) in [6.07, 6.45) is 2.56. The van der Waals surface area contributed by atoms with Crippen LogP contribution in [-0.4, -0.2) is 26.9 Å². The van der Waals surface area contributed by atoms with Gasteiger partial charge in [-0.2, -0.15) is 0 Å². The molecule has 20 heavy (non-hydrogen) atoms. The van der Waals surface area contributed by atoms with Gasteiger partial charge in [-0.15, -0.1) is 0 Å². The van der Waals surface area contributed by atoms with Crippen molar-refractivity contribution in [2.45, 2.75) is 39.3 Å². The molecule has 0 radical (unpaired) electrons. The monoisotopic (exact) mass is 279 g/mol. The lowest BCUT2D eigenvalue weighted by atomic mass is 10.1. The Labute approximate surface area is 121 Å². The van der Waals surface area contributed by atoms with Crippen LogP contribution in [0, 0.1) is 5.92 Å². The molecule has 1 aromatic carbocycles. The first-order valence-corrected chi connectivity index (χ1v) is 7.25. The Morgan fingerprint density at radius 1 is 1.15 bits per heavy atom. The van der Waals surface area contributed by atoms with Crippen molar-refractivity contribution in [3.05, 3.63) is 17.7 Å². The van der Waals surface area contributed by atoms with Crippen molar-refractivity contribution in [1.82, 2.24) is 5.32 Å². The van der Waals surface area contributed by atoms with E-state index in [1.165, 1.54) is 12.8 Å². The van der Waals surface area contributed by atoms with Crippen LogP contribution >= 0.6 is 0 Å². The first-order chi connectivity index (χ1) is 9.63. The summed E-state index contributed by atoms with van der Waals surface area (Å²) in [4.78, 5) is 0. The molecule has 0 bridgehead atoms. The van der Waals surface area contributed by atoms with E-state index in [4.69, 9.17) is 14.2 Å². The summed E-state index contributed by atoms with van der Waals surface area (Å²) in [7, 11) is 3.32. The number of hydrogen-bond acceptors (Lipinski definition) is 4. The van der Waals surface area contributed by atoms with Gasteiger partial charge in [0.2, 0.25) is 5.75 Å². The fraction of sp³-hybridized carbons (Fsp3) is 0.625. The third kappa shape index (κ3) is 4.04. The van der Waals surface area contributed by atoms with E-state index >= 15 is 0 Å². The van der Waals surface area contributed by atoms with Crippen LogP contribution in [0.25, 0.3) is 0 Å². The minimum atomic E-state index is 0.459. The van der Waals surface area contributed by atoms with Gasteiger partial charge in [0.1, 0.15) is 0 Å². The van der Waals surface area contributed by atoms with Crippen molar-refractivity contribution in [2.24, 2.45) is 5.92 Å². The van der Waals surface area contributed by atoms with Crippen LogP contribution in [0.3, 0.4) is 0 Å². The first-order valence-electron chi connectivity index (χ1n) is 7.25. The summed E-state index contributed by atoms with van der Waals surface area (Å²) in [6.45, 7) is 5.72. The molecule has 0 spiro atoms. The van der Waals surface area contributed by atoms with Crippen LogP contribution in [0.15, 0.2) is 12.1 Å². The molecule has 4 heteroatoms. The number of ether oxygens (including phenoxy) is 3. The maximum absolute atomic E-state index is 5.83. The highest BCUT2D eigenvalue weighted by Gasteiger charge is 2.21. The molecule has 0 amide bonds. The van der Waals surface area contributed by atoms with E-state index in [0.29, 0.717) is 24.3 Å². The van der Waals surface area contributed by atoms with Crippen molar-refractivity contribution in [1.29, 1.82) is 0 Å². The molecule has 1 fully saturated rings. The summed E-state index contributed by atoms with van der Waals surface area (Å²) in [5.74, 6) is 2.62. The Morgan fingerprint density at radius 3 is 2.20 bits per heavy atom. The van der Waals surface area contributed by atoms with Crippen molar-refractivity contribution >= 4 is 0 Å². The van der Waals surface area contributed by atoms with Crippen molar-refractivity contribution in [2.75, 3.05) is 20.8 Å². The summed E-state index contributed by atoms with van der Waals surface area (Å²) in [5.41, 5.74) is 1.16. The highest BCUT2D eigenvalue weighted by molar-refractivity contribution is 5.53. The minimum Gasteiger partial charge on any atom is -0.493 e. The molecule has 1 N–H and O–H groups in total. The minimum absolute atomic E-state index is 0.459. The lowest BCUT2D eigenvalue weighted by Gasteiger charge is -2.17. The standard InChI is InChI=1S/C16H25NO3/c1-11(2)10-20-16-14(18-3)7-12(8-15(16)19-4)9-17-13-5-6-13/h7-8,11,13,17H,5-6,9-10H2,1-4H3. The third-order valence-electron chi connectivity index (χ3n) is 3.25. The molecule has 112 valence electrons. The van der Waals surface area contributed by atoms with E-state index in [2.05, 4.69) is 19.2 Å². The maximum Gasteiger partial charge on any atom is 0.203 e. The largest absolute Gasteiger partial charge is 0.493 e. The van der Waals surface area contributed by atoms with Gasteiger partial charge in [-0.05, 0) is 36.5 Å². The highest BCUT2D eigenvalue weighted by Crippen LogP contribution is 2.39.